The molecule has 0 aliphatic rings. The molecule has 0 saturated heterocycles. The van der Waals surface area contributed by atoms with Gasteiger partial charge in [0, 0.05) is 31.5 Å². The summed E-state index contributed by atoms with van der Waals surface area (Å²) in [5.41, 5.74) is 1.71. The Bertz CT molecular complexity index is 1010. The highest BCUT2D eigenvalue weighted by Crippen LogP contribution is 2.34. The number of rotatable bonds is 7. The number of aliphatic hydroxyl groups excluding tert-OH is 1. The highest BCUT2D eigenvalue weighted by Gasteiger charge is 2.11. The van der Waals surface area contributed by atoms with E-state index in [9.17, 15) is 4.79 Å². The Morgan fingerprint density at radius 1 is 1.17 bits per heavy atom. The molecule has 1 aromatic heterocycles. The molecule has 1 heterocycles. The third kappa shape index (κ3) is 5.13. The molecule has 29 heavy (non-hydrogen) atoms. The molecule has 0 fully saturated rings. The number of halogens is 1. The maximum atomic E-state index is 12.1. The number of anilines is 4. The van der Waals surface area contributed by atoms with Crippen molar-refractivity contribution in [2.75, 3.05) is 31.5 Å². The van der Waals surface area contributed by atoms with Gasteiger partial charge in [-0.05, 0) is 36.4 Å². The SMILES string of the molecule is CN(C)C(=O)c1cccc(Nc2nccc(Nc3c(Cl)cccc3OCO)n2)c1. The molecule has 9 heteroatoms. The molecule has 8 nitrogen and oxygen atoms in total. The lowest BCUT2D eigenvalue weighted by molar-refractivity contribution is 0.0827. The van der Waals surface area contributed by atoms with Crippen LogP contribution >= 0.6 is 11.6 Å². The molecule has 0 aliphatic carbocycles. The van der Waals surface area contributed by atoms with E-state index in [1.54, 1.807) is 62.8 Å². The first-order valence-electron chi connectivity index (χ1n) is 8.69. The number of nitrogens with one attached hydrogen (secondary N) is 2. The quantitative estimate of drug-likeness (QED) is 0.508. The van der Waals surface area contributed by atoms with E-state index in [2.05, 4.69) is 20.6 Å². The van der Waals surface area contributed by atoms with Crippen molar-refractivity contribution in [3.63, 3.8) is 0 Å². The number of carbonyl (C=O) groups is 1. The highest BCUT2D eigenvalue weighted by molar-refractivity contribution is 6.33. The molecule has 3 rings (SSSR count). The van der Waals surface area contributed by atoms with Crippen molar-refractivity contribution in [2.24, 2.45) is 0 Å². The first kappa shape index (κ1) is 20.4. The van der Waals surface area contributed by atoms with Gasteiger partial charge in [-0.15, -0.1) is 0 Å². The largest absolute Gasteiger partial charge is 0.466 e. The summed E-state index contributed by atoms with van der Waals surface area (Å²) in [6.07, 6.45) is 1.58. The zero-order valence-electron chi connectivity index (χ0n) is 15.9. The van der Waals surface area contributed by atoms with E-state index in [0.717, 1.165) is 0 Å². The molecular formula is C20H20ClN5O3. The summed E-state index contributed by atoms with van der Waals surface area (Å²) in [4.78, 5) is 22.3. The lowest BCUT2D eigenvalue weighted by Gasteiger charge is -2.14. The standard InChI is InChI=1S/C20H20ClN5O3/c1-26(2)19(28)13-5-3-6-14(11-13)23-20-22-10-9-17(25-20)24-18-15(21)7-4-8-16(18)29-12-27/h3-11,27H,12H2,1-2H3,(H2,22,23,24,25). The van der Waals surface area contributed by atoms with Crippen LogP contribution in [0.4, 0.5) is 23.1 Å². The van der Waals surface area contributed by atoms with Crippen molar-refractivity contribution in [1.82, 2.24) is 14.9 Å². The topological polar surface area (TPSA) is 99.6 Å². The van der Waals surface area contributed by atoms with E-state index in [1.165, 1.54) is 4.90 Å². The van der Waals surface area contributed by atoms with Gasteiger partial charge in [0.05, 0.1) is 5.02 Å². The van der Waals surface area contributed by atoms with Gasteiger partial charge in [-0.1, -0.05) is 23.7 Å². The summed E-state index contributed by atoms with van der Waals surface area (Å²) in [6, 6.07) is 13.8. The highest BCUT2D eigenvalue weighted by atomic mass is 35.5. The molecule has 150 valence electrons. The lowest BCUT2D eigenvalue weighted by Crippen LogP contribution is -2.21. The number of hydrogen-bond acceptors (Lipinski definition) is 7. The molecule has 0 spiro atoms. The molecule has 3 aromatic rings. The predicted octanol–water partition coefficient (Wildman–Crippen LogP) is 3.65. The second kappa shape index (κ2) is 9.22. The minimum Gasteiger partial charge on any atom is -0.466 e. The molecular weight excluding hydrogens is 394 g/mol. The smallest absolute Gasteiger partial charge is 0.253 e. The Labute approximate surface area is 173 Å². The molecule has 0 saturated carbocycles. The molecule has 0 bridgehead atoms. The van der Waals surface area contributed by atoms with Gasteiger partial charge in [0.2, 0.25) is 5.95 Å². The van der Waals surface area contributed by atoms with Crippen molar-refractivity contribution >= 4 is 40.6 Å². The van der Waals surface area contributed by atoms with Crippen LogP contribution in [0.25, 0.3) is 0 Å². The van der Waals surface area contributed by atoms with Gasteiger partial charge in [0.25, 0.3) is 5.91 Å². The van der Waals surface area contributed by atoms with Crippen LogP contribution in [0.15, 0.2) is 54.7 Å². The minimum atomic E-state index is -0.479. The second-order valence-corrected chi connectivity index (χ2v) is 6.59. The van der Waals surface area contributed by atoms with Crippen LogP contribution in [-0.2, 0) is 0 Å². The monoisotopic (exact) mass is 413 g/mol. The zero-order chi connectivity index (χ0) is 20.8. The van der Waals surface area contributed by atoms with E-state index >= 15 is 0 Å². The molecule has 1 amide bonds. The number of aliphatic hydroxyl groups is 1. The summed E-state index contributed by atoms with van der Waals surface area (Å²) in [5, 5.41) is 15.6. The first-order chi connectivity index (χ1) is 14.0. The lowest BCUT2D eigenvalue weighted by atomic mass is 10.2. The minimum absolute atomic E-state index is 0.0971. The van der Waals surface area contributed by atoms with Crippen LogP contribution in [0.1, 0.15) is 10.4 Å². The Kier molecular flexibility index (Phi) is 6.48. The fourth-order valence-electron chi connectivity index (χ4n) is 2.55. The van der Waals surface area contributed by atoms with Crippen molar-refractivity contribution in [2.45, 2.75) is 0 Å². The van der Waals surface area contributed by atoms with Crippen LogP contribution in [0.5, 0.6) is 5.75 Å². The van der Waals surface area contributed by atoms with Gasteiger partial charge in [0.15, 0.2) is 6.79 Å². The van der Waals surface area contributed by atoms with Crippen LogP contribution in [0.3, 0.4) is 0 Å². The summed E-state index contributed by atoms with van der Waals surface area (Å²) in [6.45, 7) is -0.479. The number of hydrogen-bond donors (Lipinski definition) is 3. The van der Waals surface area contributed by atoms with Gasteiger partial charge in [-0.25, -0.2) is 4.98 Å². The predicted molar refractivity (Wildman–Crippen MR) is 112 cm³/mol. The summed E-state index contributed by atoms with van der Waals surface area (Å²) in [7, 11) is 3.40. The summed E-state index contributed by atoms with van der Waals surface area (Å²) in [5.74, 6) is 1.10. The molecule has 0 aliphatic heterocycles. The summed E-state index contributed by atoms with van der Waals surface area (Å²) >= 11 is 6.24. The molecule has 0 atom stereocenters. The normalized spacial score (nSPS) is 10.3. The number of para-hydroxylation sites is 1. The molecule has 3 N–H and O–H groups in total. The number of ether oxygens (including phenoxy) is 1. The number of amides is 1. The fourth-order valence-corrected chi connectivity index (χ4v) is 2.76. The van der Waals surface area contributed by atoms with Crippen molar-refractivity contribution in [3.8, 4) is 5.75 Å². The van der Waals surface area contributed by atoms with E-state index in [4.69, 9.17) is 21.4 Å². The van der Waals surface area contributed by atoms with Gasteiger partial charge in [-0.3, -0.25) is 4.79 Å². The van der Waals surface area contributed by atoms with Crippen molar-refractivity contribution < 1.29 is 14.6 Å². The molecule has 0 radical (unpaired) electrons. The Balaban J connectivity index is 1.81. The summed E-state index contributed by atoms with van der Waals surface area (Å²) < 4.78 is 5.18. The third-order valence-electron chi connectivity index (χ3n) is 3.88. The van der Waals surface area contributed by atoms with Crippen molar-refractivity contribution in [3.05, 3.63) is 65.3 Å². The fraction of sp³-hybridized carbons (Fsp3) is 0.150. The number of benzene rings is 2. The van der Waals surface area contributed by atoms with Gasteiger partial charge >= 0.3 is 0 Å². The average molecular weight is 414 g/mol. The van der Waals surface area contributed by atoms with E-state index in [-0.39, 0.29) is 5.91 Å². The van der Waals surface area contributed by atoms with Gasteiger partial charge < -0.3 is 25.4 Å². The zero-order valence-corrected chi connectivity index (χ0v) is 16.6. The third-order valence-corrected chi connectivity index (χ3v) is 4.19. The van der Waals surface area contributed by atoms with Crippen LogP contribution in [0, 0.1) is 0 Å². The number of nitrogens with zero attached hydrogens (tertiary/aromatic N) is 3. The van der Waals surface area contributed by atoms with Crippen molar-refractivity contribution in [1.29, 1.82) is 0 Å². The van der Waals surface area contributed by atoms with E-state index in [1.807, 2.05) is 6.07 Å². The maximum Gasteiger partial charge on any atom is 0.253 e. The van der Waals surface area contributed by atoms with E-state index < -0.39 is 6.79 Å². The van der Waals surface area contributed by atoms with Gasteiger partial charge in [0.1, 0.15) is 17.3 Å². The Hall–Kier alpha value is -3.36. The van der Waals surface area contributed by atoms with Gasteiger partial charge in [-0.2, -0.15) is 4.98 Å². The van der Waals surface area contributed by atoms with E-state index in [0.29, 0.717) is 39.5 Å². The van der Waals surface area contributed by atoms with Crippen LogP contribution in [-0.4, -0.2) is 46.8 Å². The first-order valence-corrected chi connectivity index (χ1v) is 9.06. The second-order valence-electron chi connectivity index (χ2n) is 6.18. The number of carbonyl (C=O) groups excluding carboxylic acids is 1. The van der Waals surface area contributed by atoms with Crippen LogP contribution < -0.4 is 15.4 Å². The Morgan fingerprint density at radius 3 is 2.72 bits per heavy atom. The Morgan fingerprint density at radius 2 is 1.97 bits per heavy atom. The van der Waals surface area contributed by atoms with Crippen LogP contribution in [0.2, 0.25) is 5.02 Å². The number of aromatic nitrogens is 2. The molecule has 0 unspecified atom stereocenters. The average Bonchev–Trinajstić information content (AvgIpc) is 2.70. The maximum absolute atomic E-state index is 12.1. The molecule has 2 aromatic carbocycles.